The van der Waals surface area contributed by atoms with Crippen LogP contribution in [0.3, 0.4) is 0 Å². The maximum atomic E-state index is 5.53. The van der Waals surface area contributed by atoms with Crippen LogP contribution in [0.1, 0.15) is 37.5 Å². The number of hydrogen-bond donors (Lipinski definition) is 1. The molecule has 2 heteroatoms. The number of benzene rings is 2. The Morgan fingerprint density at radius 3 is 2.52 bits per heavy atom. The van der Waals surface area contributed by atoms with Gasteiger partial charge in [0.15, 0.2) is 0 Å². The number of anilines is 1. The Balaban J connectivity index is 1.65. The Hall–Kier alpha value is -1.96. The minimum atomic E-state index is 0.214. The Kier molecular flexibility index (Phi) is 3.62. The van der Waals surface area contributed by atoms with Crippen molar-refractivity contribution >= 4 is 5.69 Å². The van der Waals surface area contributed by atoms with Gasteiger partial charge in [-0.25, -0.2) is 0 Å². The minimum absolute atomic E-state index is 0.214. The lowest BCUT2D eigenvalue weighted by molar-refractivity contribution is 0.357. The van der Waals surface area contributed by atoms with Gasteiger partial charge in [0.2, 0.25) is 0 Å². The maximum absolute atomic E-state index is 5.53. The second kappa shape index (κ2) is 5.44. The van der Waals surface area contributed by atoms with Gasteiger partial charge in [-0.3, -0.25) is 0 Å². The first kappa shape index (κ1) is 14.0. The Morgan fingerprint density at radius 2 is 1.81 bits per heavy atom. The summed E-state index contributed by atoms with van der Waals surface area (Å²) in [6.07, 6.45) is 1.02. The molecule has 110 valence electrons. The molecule has 1 aliphatic rings. The molecule has 0 fully saturated rings. The molecular formula is C19H23NO. The van der Waals surface area contributed by atoms with Crippen molar-refractivity contribution in [3.63, 3.8) is 0 Å². The zero-order chi connectivity index (χ0) is 14.9. The minimum Gasteiger partial charge on any atom is -0.493 e. The SMILES string of the molecule is CC(C)(C)c1ccc(CNc2ccc3c(c2)CCO3)cc1. The zero-order valence-corrected chi connectivity index (χ0v) is 13.1. The maximum Gasteiger partial charge on any atom is 0.122 e. The molecule has 0 amide bonds. The average Bonchev–Trinajstić information content (AvgIpc) is 2.92. The van der Waals surface area contributed by atoms with Crippen LogP contribution in [0, 0.1) is 0 Å². The summed E-state index contributed by atoms with van der Waals surface area (Å²) in [5, 5.41) is 3.49. The molecule has 0 saturated heterocycles. The Bertz CT molecular complexity index is 623. The van der Waals surface area contributed by atoms with Crippen molar-refractivity contribution in [1.29, 1.82) is 0 Å². The van der Waals surface area contributed by atoms with Gasteiger partial charge in [0, 0.05) is 18.7 Å². The topological polar surface area (TPSA) is 21.3 Å². The van der Waals surface area contributed by atoms with Gasteiger partial charge in [-0.05, 0) is 40.3 Å². The Labute approximate surface area is 127 Å². The van der Waals surface area contributed by atoms with Crippen molar-refractivity contribution in [3.05, 3.63) is 59.2 Å². The smallest absolute Gasteiger partial charge is 0.122 e. The number of ether oxygens (including phenoxy) is 1. The van der Waals surface area contributed by atoms with Crippen molar-refractivity contribution in [2.45, 2.75) is 39.2 Å². The second-order valence-electron chi connectivity index (χ2n) is 6.72. The van der Waals surface area contributed by atoms with Crippen LogP contribution in [0.4, 0.5) is 5.69 Å². The van der Waals surface area contributed by atoms with Crippen LogP contribution in [0.2, 0.25) is 0 Å². The normalized spacial score (nSPS) is 13.7. The number of nitrogens with one attached hydrogen (secondary N) is 1. The zero-order valence-electron chi connectivity index (χ0n) is 13.1. The summed E-state index contributed by atoms with van der Waals surface area (Å²) in [7, 11) is 0. The fourth-order valence-corrected chi connectivity index (χ4v) is 2.62. The highest BCUT2D eigenvalue weighted by atomic mass is 16.5. The van der Waals surface area contributed by atoms with E-state index in [1.165, 1.54) is 22.4 Å². The van der Waals surface area contributed by atoms with Gasteiger partial charge in [0.25, 0.3) is 0 Å². The molecule has 0 saturated carbocycles. The first-order valence-electron chi connectivity index (χ1n) is 7.61. The highest BCUT2D eigenvalue weighted by Gasteiger charge is 2.13. The van der Waals surface area contributed by atoms with E-state index in [9.17, 15) is 0 Å². The molecule has 0 spiro atoms. The highest BCUT2D eigenvalue weighted by Crippen LogP contribution is 2.28. The first-order chi connectivity index (χ1) is 10.0. The number of rotatable bonds is 3. The van der Waals surface area contributed by atoms with Crippen molar-refractivity contribution in [2.24, 2.45) is 0 Å². The van der Waals surface area contributed by atoms with E-state index in [1.54, 1.807) is 0 Å². The van der Waals surface area contributed by atoms with E-state index in [1.807, 2.05) is 0 Å². The molecule has 1 heterocycles. The lowest BCUT2D eigenvalue weighted by Crippen LogP contribution is -2.11. The summed E-state index contributed by atoms with van der Waals surface area (Å²) in [6.45, 7) is 8.39. The van der Waals surface area contributed by atoms with E-state index in [0.29, 0.717) is 0 Å². The molecule has 0 atom stereocenters. The van der Waals surface area contributed by atoms with Gasteiger partial charge in [-0.15, -0.1) is 0 Å². The van der Waals surface area contributed by atoms with Crippen LogP contribution in [-0.4, -0.2) is 6.61 Å². The van der Waals surface area contributed by atoms with E-state index >= 15 is 0 Å². The Morgan fingerprint density at radius 1 is 1.05 bits per heavy atom. The van der Waals surface area contributed by atoms with E-state index in [4.69, 9.17) is 4.74 Å². The summed E-state index contributed by atoms with van der Waals surface area (Å²) in [5.41, 5.74) is 5.37. The van der Waals surface area contributed by atoms with Crippen LogP contribution in [0.5, 0.6) is 5.75 Å². The predicted octanol–water partition coefficient (Wildman–Crippen LogP) is 4.53. The fourth-order valence-electron chi connectivity index (χ4n) is 2.62. The quantitative estimate of drug-likeness (QED) is 0.892. The van der Waals surface area contributed by atoms with Crippen molar-refractivity contribution in [2.75, 3.05) is 11.9 Å². The van der Waals surface area contributed by atoms with Crippen molar-refractivity contribution in [1.82, 2.24) is 0 Å². The third kappa shape index (κ3) is 3.21. The second-order valence-corrected chi connectivity index (χ2v) is 6.72. The average molecular weight is 281 g/mol. The first-order valence-corrected chi connectivity index (χ1v) is 7.61. The molecule has 2 aromatic rings. The van der Waals surface area contributed by atoms with Crippen LogP contribution in [0.25, 0.3) is 0 Å². The van der Waals surface area contributed by atoms with Gasteiger partial charge < -0.3 is 10.1 Å². The molecule has 2 aromatic carbocycles. The predicted molar refractivity (Wildman–Crippen MR) is 88.1 cm³/mol. The van der Waals surface area contributed by atoms with Gasteiger partial charge in [-0.2, -0.15) is 0 Å². The monoisotopic (exact) mass is 281 g/mol. The number of fused-ring (bicyclic) bond motifs is 1. The largest absolute Gasteiger partial charge is 0.493 e. The molecule has 0 unspecified atom stereocenters. The van der Waals surface area contributed by atoms with E-state index < -0.39 is 0 Å². The molecule has 3 rings (SSSR count). The van der Waals surface area contributed by atoms with Gasteiger partial charge in [-0.1, -0.05) is 45.0 Å². The van der Waals surface area contributed by atoms with Crippen LogP contribution in [-0.2, 0) is 18.4 Å². The van der Waals surface area contributed by atoms with Crippen LogP contribution >= 0.6 is 0 Å². The molecule has 0 bridgehead atoms. The summed E-state index contributed by atoms with van der Waals surface area (Å²) in [6, 6.07) is 15.2. The molecule has 0 radical (unpaired) electrons. The summed E-state index contributed by atoms with van der Waals surface area (Å²) >= 11 is 0. The molecule has 21 heavy (non-hydrogen) atoms. The summed E-state index contributed by atoms with van der Waals surface area (Å²) in [5.74, 6) is 1.04. The molecule has 0 aliphatic carbocycles. The highest BCUT2D eigenvalue weighted by molar-refractivity contribution is 5.52. The molecular weight excluding hydrogens is 258 g/mol. The van der Waals surface area contributed by atoms with E-state index in [2.05, 4.69) is 68.6 Å². The lowest BCUT2D eigenvalue weighted by atomic mass is 9.87. The van der Waals surface area contributed by atoms with Crippen molar-refractivity contribution in [3.8, 4) is 5.75 Å². The lowest BCUT2D eigenvalue weighted by Gasteiger charge is -2.19. The molecule has 1 aliphatic heterocycles. The molecule has 0 aromatic heterocycles. The van der Waals surface area contributed by atoms with Gasteiger partial charge >= 0.3 is 0 Å². The van der Waals surface area contributed by atoms with Crippen LogP contribution in [0.15, 0.2) is 42.5 Å². The van der Waals surface area contributed by atoms with Crippen LogP contribution < -0.4 is 10.1 Å². The third-order valence-electron chi connectivity index (χ3n) is 4.01. The molecule has 2 nitrogen and oxygen atoms in total. The van der Waals surface area contributed by atoms with Gasteiger partial charge in [0.1, 0.15) is 5.75 Å². The number of hydrogen-bond acceptors (Lipinski definition) is 2. The summed E-state index contributed by atoms with van der Waals surface area (Å²) in [4.78, 5) is 0. The summed E-state index contributed by atoms with van der Waals surface area (Å²) < 4.78 is 5.53. The van der Waals surface area contributed by atoms with E-state index in [0.717, 1.165) is 25.3 Å². The molecule has 1 N–H and O–H groups in total. The fraction of sp³-hybridized carbons (Fsp3) is 0.368. The van der Waals surface area contributed by atoms with Gasteiger partial charge in [0.05, 0.1) is 6.61 Å². The van der Waals surface area contributed by atoms with E-state index in [-0.39, 0.29) is 5.41 Å². The standard InChI is InChI=1S/C19H23NO/c1-19(2,3)16-6-4-14(5-7-16)13-20-17-8-9-18-15(12-17)10-11-21-18/h4-9,12,20H,10-11,13H2,1-3H3. The van der Waals surface area contributed by atoms with Crippen molar-refractivity contribution < 1.29 is 4.74 Å². The third-order valence-corrected chi connectivity index (χ3v) is 4.01.